The van der Waals surface area contributed by atoms with Crippen molar-refractivity contribution in [3.05, 3.63) is 52.4 Å². The molecule has 0 spiro atoms. The zero-order chi connectivity index (χ0) is 19.9. The Kier molecular flexibility index (Phi) is 4.91. The smallest absolute Gasteiger partial charge is 0.353 e. The van der Waals surface area contributed by atoms with Crippen LogP contribution in [0, 0.1) is 0 Å². The maximum atomic E-state index is 12.7. The average Bonchev–Trinajstić information content (AvgIpc) is 3.52. The van der Waals surface area contributed by atoms with Gasteiger partial charge in [0, 0.05) is 43.7 Å². The van der Waals surface area contributed by atoms with Gasteiger partial charge in [-0.3, -0.25) is 4.79 Å². The van der Waals surface area contributed by atoms with Crippen molar-refractivity contribution in [3.63, 3.8) is 0 Å². The highest BCUT2D eigenvalue weighted by atomic mass is 35.5. The minimum Gasteiger partial charge on any atom is -0.353 e. The molecule has 1 saturated heterocycles. The fourth-order valence-corrected chi connectivity index (χ4v) is 3.42. The van der Waals surface area contributed by atoms with Gasteiger partial charge in [0.05, 0.1) is 5.56 Å². The van der Waals surface area contributed by atoms with Gasteiger partial charge in [-0.1, -0.05) is 11.6 Å². The normalized spacial score (nSPS) is 17.7. The van der Waals surface area contributed by atoms with Crippen LogP contribution in [0.3, 0.4) is 0 Å². The number of carbonyl (C=O) groups is 1. The molecule has 1 aromatic heterocycles. The first-order chi connectivity index (χ1) is 13.3. The highest BCUT2D eigenvalue weighted by Crippen LogP contribution is 2.39. The van der Waals surface area contributed by atoms with Crippen LogP contribution in [0.2, 0.25) is 5.15 Å². The highest BCUT2D eigenvalue weighted by molar-refractivity contribution is 6.29. The molecule has 1 amide bonds. The van der Waals surface area contributed by atoms with Gasteiger partial charge in [-0.05, 0) is 37.1 Å². The van der Waals surface area contributed by atoms with Crippen LogP contribution in [0.25, 0.3) is 0 Å². The SMILES string of the molecule is O=C(c1ccc(C(F)(F)F)cc1)N1CCN(c2cc(Cl)nc(C3CC3)n2)CC1. The Bertz CT molecular complexity index is 876. The molecular weight excluding hydrogens is 393 g/mol. The van der Waals surface area contributed by atoms with Crippen molar-refractivity contribution in [3.8, 4) is 0 Å². The van der Waals surface area contributed by atoms with E-state index in [0.717, 1.165) is 36.6 Å². The first-order valence-corrected chi connectivity index (χ1v) is 9.45. The van der Waals surface area contributed by atoms with Gasteiger partial charge in [0.15, 0.2) is 0 Å². The molecule has 2 aliphatic rings. The van der Waals surface area contributed by atoms with E-state index in [-0.39, 0.29) is 11.5 Å². The van der Waals surface area contributed by atoms with Crippen LogP contribution in [0.15, 0.2) is 30.3 Å². The third-order valence-corrected chi connectivity index (χ3v) is 5.18. The van der Waals surface area contributed by atoms with Gasteiger partial charge in [-0.2, -0.15) is 13.2 Å². The monoisotopic (exact) mass is 410 g/mol. The first-order valence-electron chi connectivity index (χ1n) is 9.07. The summed E-state index contributed by atoms with van der Waals surface area (Å²) >= 11 is 6.12. The third kappa shape index (κ3) is 4.06. The van der Waals surface area contributed by atoms with E-state index >= 15 is 0 Å². The molecule has 0 atom stereocenters. The molecule has 0 radical (unpaired) electrons. The summed E-state index contributed by atoms with van der Waals surface area (Å²) in [5.74, 6) is 1.64. The number of anilines is 1. The molecule has 2 aromatic rings. The number of amides is 1. The number of benzene rings is 1. The number of nitrogens with zero attached hydrogens (tertiary/aromatic N) is 4. The lowest BCUT2D eigenvalue weighted by molar-refractivity contribution is -0.137. The lowest BCUT2D eigenvalue weighted by atomic mass is 10.1. The summed E-state index contributed by atoms with van der Waals surface area (Å²) in [5.41, 5.74) is -0.511. The summed E-state index contributed by atoms with van der Waals surface area (Å²) in [7, 11) is 0. The van der Waals surface area contributed by atoms with Crippen LogP contribution in [0.1, 0.15) is 40.5 Å². The maximum absolute atomic E-state index is 12.7. The Morgan fingerprint density at radius 3 is 2.25 bits per heavy atom. The fraction of sp³-hybridized carbons (Fsp3) is 0.421. The molecule has 28 heavy (non-hydrogen) atoms. The molecule has 5 nitrogen and oxygen atoms in total. The molecule has 1 aromatic carbocycles. The zero-order valence-corrected chi connectivity index (χ0v) is 15.7. The maximum Gasteiger partial charge on any atom is 0.416 e. The van der Waals surface area contributed by atoms with E-state index in [1.165, 1.54) is 12.1 Å². The van der Waals surface area contributed by atoms with E-state index < -0.39 is 11.7 Å². The van der Waals surface area contributed by atoms with E-state index in [9.17, 15) is 18.0 Å². The summed E-state index contributed by atoms with van der Waals surface area (Å²) in [6.45, 7) is 2.06. The van der Waals surface area contributed by atoms with E-state index in [1.54, 1.807) is 11.0 Å². The van der Waals surface area contributed by atoms with Crippen molar-refractivity contribution in [2.24, 2.45) is 0 Å². The van der Waals surface area contributed by atoms with E-state index in [2.05, 4.69) is 14.9 Å². The molecule has 2 heterocycles. The third-order valence-electron chi connectivity index (χ3n) is 4.99. The second-order valence-corrected chi connectivity index (χ2v) is 7.42. The number of rotatable bonds is 3. The lowest BCUT2D eigenvalue weighted by Gasteiger charge is -2.35. The van der Waals surface area contributed by atoms with E-state index in [0.29, 0.717) is 37.3 Å². The van der Waals surface area contributed by atoms with Crippen LogP contribution in [0.5, 0.6) is 0 Å². The first kappa shape index (κ1) is 19.0. The number of piperazine rings is 1. The van der Waals surface area contributed by atoms with Crippen LogP contribution in [-0.4, -0.2) is 47.0 Å². The number of halogens is 4. The summed E-state index contributed by atoms with van der Waals surface area (Å²) in [4.78, 5) is 25.2. The van der Waals surface area contributed by atoms with Crippen molar-refractivity contribution in [1.82, 2.24) is 14.9 Å². The largest absolute Gasteiger partial charge is 0.416 e. The van der Waals surface area contributed by atoms with E-state index in [1.807, 2.05) is 0 Å². The predicted molar refractivity (Wildman–Crippen MR) is 98.6 cm³/mol. The molecule has 0 N–H and O–H groups in total. The molecule has 0 bridgehead atoms. The standard InChI is InChI=1S/C19H18ClF3N4O/c20-15-11-16(25-17(24-15)12-1-2-12)26-7-9-27(10-8-26)18(28)13-3-5-14(6-4-13)19(21,22)23/h3-6,11-12H,1-2,7-10H2. The molecule has 1 aliphatic carbocycles. The Morgan fingerprint density at radius 1 is 1.04 bits per heavy atom. The second kappa shape index (κ2) is 7.24. The zero-order valence-electron chi connectivity index (χ0n) is 14.9. The quantitative estimate of drug-likeness (QED) is 0.718. The Morgan fingerprint density at radius 2 is 1.68 bits per heavy atom. The Balaban J connectivity index is 1.40. The van der Waals surface area contributed by atoms with Gasteiger partial charge in [-0.15, -0.1) is 0 Å². The van der Waals surface area contributed by atoms with Gasteiger partial charge in [0.1, 0.15) is 16.8 Å². The van der Waals surface area contributed by atoms with Crippen molar-refractivity contribution in [1.29, 1.82) is 0 Å². The molecule has 1 aliphatic heterocycles. The fourth-order valence-electron chi connectivity index (χ4n) is 3.23. The molecule has 148 valence electrons. The van der Waals surface area contributed by atoms with Crippen molar-refractivity contribution in [2.45, 2.75) is 24.9 Å². The lowest BCUT2D eigenvalue weighted by Crippen LogP contribution is -2.49. The van der Waals surface area contributed by atoms with Crippen LogP contribution in [-0.2, 0) is 6.18 Å². The second-order valence-electron chi connectivity index (χ2n) is 7.04. The number of carbonyl (C=O) groups excluding carboxylic acids is 1. The molecule has 4 rings (SSSR count). The summed E-state index contributed by atoms with van der Waals surface area (Å²) in [6, 6.07) is 6.05. The summed E-state index contributed by atoms with van der Waals surface area (Å²) in [5, 5.41) is 0.412. The average molecular weight is 411 g/mol. The Labute approximate surface area is 165 Å². The summed E-state index contributed by atoms with van der Waals surface area (Å²) in [6.07, 6.45) is -2.25. The Hall–Kier alpha value is -2.35. The minimum atomic E-state index is -4.41. The number of aromatic nitrogens is 2. The van der Waals surface area contributed by atoms with Crippen LogP contribution < -0.4 is 4.90 Å². The molecule has 9 heteroatoms. The molecule has 2 fully saturated rings. The summed E-state index contributed by atoms with van der Waals surface area (Å²) < 4.78 is 38.0. The van der Waals surface area contributed by atoms with Gasteiger partial charge in [-0.25, -0.2) is 9.97 Å². The van der Waals surface area contributed by atoms with E-state index in [4.69, 9.17) is 11.6 Å². The predicted octanol–water partition coefficient (Wildman–Crippen LogP) is 3.99. The molecular formula is C19H18ClF3N4O. The molecule has 0 unspecified atom stereocenters. The molecule has 1 saturated carbocycles. The van der Waals surface area contributed by atoms with Crippen molar-refractivity contribution < 1.29 is 18.0 Å². The van der Waals surface area contributed by atoms with Gasteiger partial charge in [0.25, 0.3) is 5.91 Å². The van der Waals surface area contributed by atoms with Gasteiger partial charge < -0.3 is 9.80 Å². The van der Waals surface area contributed by atoms with Gasteiger partial charge >= 0.3 is 6.18 Å². The minimum absolute atomic E-state index is 0.252. The van der Waals surface area contributed by atoms with Crippen molar-refractivity contribution >= 4 is 23.3 Å². The van der Waals surface area contributed by atoms with Gasteiger partial charge in [0.2, 0.25) is 0 Å². The number of hydrogen-bond donors (Lipinski definition) is 0. The topological polar surface area (TPSA) is 49.3 Å². The number of hydrogen-bond acceptors (Lipinski definition) is 4. The highest BCUT2D eigenvalue weighted by Gasteiger charge is 2.31. The number of alkyl halides is 3. The van der Waals surface area contributed by atoms with Crippen LogP contribution in [0.4, 0.5) is 19.0 Å². The van der Waals surface area contributed by atoms with Crippen LogP contribution >= 0.6 is 11.6 Å². The van der Waals surface area contributed by atoms with Crippen molar-refractivity contribution in [2.75, 3.05) is 31.1 Å².